The van der Waals surface area contributed by atoms with Crippen LogP contribution < -0.4 is 4.57 Å². The number of nitrogens with zero attached hydrogens (tertiary/aromatic N) is 2. The van der Waals surface area contributed by atoms with Crippen molar-refractivity contribution in [3.63, 3.8) is 0 Å². The van der Waals surface area contributed by atoms with Crippen molar-refractivity contribution in [3.8, 4) is 11.3 Å². The first-order valence-corrected chi connectivity index (χ1v) is 7.02. The van der Waals surface area contributed by atoms with E-state index in [1.807, 2.05) is 6.07 Å². The van der Waals surface area contributed by atoms with E-state index < -0.39 is 0 Å². The van der Waals surface area contributed by atoms with Crippen LogP contribution in [0.25, 0.3) is 22.2 Å². The molecule has 1 aromatic heterocycles. The molecule has 0 unspecified atom stereocenters. The summed E-state index contributed by atoms with van der Waals surface area (Å²) in [5.74, 6) is 1.51. The molecule has 0 amide bonds. The first-order chi connectivity index (χ1) is 9.68. The van der Waals surface area contributed by atoms with E-state index in [0.29, 0.717) is 5.92 Å². The van der Waals surface area contributed by atoms with Gasteiger partial charge in [0.15, 0.2) is 5.69 Å². The van der Waals surface area contributed by atoms with Gasteiger partial charge in [0.25, 0.3) is 0 Å². The zero-order chi connectivity index (χ0) is 14.1. The maximum atomic E-state index is 4.93. The van der Waals surface area contributed by atoms with Crippen molar-refractivity contribution in [1.29, 1.82) is 0 Å². The van der Waals surface area contributed by atoms with Crippen molar-refractivity contribution in [2.45, 2.75) is 19.8 Å². The molecule has 0 atom stereocenters. The van der Waals surface area contributed by atoms with E-state index in [1.54, 1.807) is 0 Å². The number of rotatable bonds is 2. The summed E-state index contributed by atoms with van der Waals surface area (Å²) < 4.78 is 2.20. The first-order valence-electron chi connectivity index (χ1n) is 7.02. The fourth-order valence-electron chi connectivity index (χ4n) is 2.67. The molecule has 3 aromatic rings. The van der Waals surface area contributed by atoms with E-state index in [1.165, 1.54) is 16.5 Å². The third kappa shape index (κ3) is 2.07. The van der Waals surface area contributed by atoms with Gasteiger partial charge in [-0.3, -0.25) is 0 Å². The largest absolute Gasteiger partial charge is 0.301 e. The standard InChI is InChI=1S/C18H19N2/c1-13(2)18-19-17(14-9-5-4-6-10-14)15-11-7-8-12-16(15)20(18)3/h4-13H,1-3H3/q+1. The van der Waals surface area contributed by atoms with Gasteiger partial charge < -0.3 is 0 Å². The molecule has 0 bridgehead atoms. The highest BCUT2D eigenvalue weighted by atomic mass is 15.0. The molecule has 0 saturated heterocycles. The molecule has 0 radical (unpaired) electrons. The summed E-state index contributed by atoms with van der Waals surface area (Å²) in [4.78, 5) is 4.93. The molecule has 20 heavy (non-hydrogen) atoms. The van der Waals surface area contributed by atoms with Crippen LogP contribution in [0.15, 0.2) is 54.6 Å². The number of aromatic nitrogens is 2. The fraction of sp³-hybridized carbons (Fsp3) is 0.222. The molecule has 0 aliphatic carbocycles. The highest BCUT2D eigenvalue weighted by molar-refractivity contribution is 5.90. The summed E-state index contributed by atoms with van der Waals surface area (Å²) in [7, 11) is 2.10. The van der Waals surface area contributed by atoms with Crippen molar-refractivity contribution >= 4 is 10.9 Å². The zero-order valence-electron chi connectivity index (χ0n) is 12.2. The average Bonchev–Trinajstić information content (AvgIpc) is 2.48. The highest BCUT2D eigenvalue weighted by Crippen LogP contribution is 2.26. The second-order valence-corrected chi connectivity index (χ2v) is 5.42. The van der Waals surface area contributed by atoms with Crippen LogP contribution in [0.3, 0.4) is 0 Å². The summed E-state index contributed by atoms with van der Waals surface area (Å²) in [6.07, 6.45) is 0. The van der Waals surface area contributed by atoms with Gasteiger partial charge in [-0.05, 0) is 17.1 Å². The third-order valence-corrected chi connectivity index (χ3v) is 3.65. The van der Waals surface area contributed by atoms with E-state index >= 15 is 0 Å². The lowest BCUT2D eigenvalue weighted by Crippen LogP contribution is -2.37. The van der Waals surface area contributed by atoms with E-state index in [-0.39, 0.29) is 0 Å². The van der Waals surface area contributed by atoms with Gasteiger partial charge in [-0.25, -0.2) is 4.57 Å². The zero-order valence-corrected chi connectivity index (χ0v) is 12.2. The Bertz CT molecular complexity index is 746. The van der Waals surface area contributed by atoms with Crippen molar-refractivity contribution in [2.24, 2.45) is 7.05 Å². The van der Waals surface area contributed by atoms with Gasteiger partial charge in [0.05, 0.1) is 18.4 Å². The Morgan fingerprint density at radius 2 is 1.55 bits per heavy atom. The van der Waals surface area contributed by atoms with E-state index in [0.717, 1.165) is 11.5 Å². The van der Waals surface area contributed by atoms with Crippen LogP contribution in [0.2, 0.25) is 0 Å². The summed E-state index contributed by atoms with van der Waals surface area (Å²) >= 11 is 0. The number of aryl methyl sites for hydroxylation is 1. The maximum Gasteiger partial charge on any atom is 0.301 e. The molecule has 0 saturated carbocycles. The molecule has 0 aliphatic heterocycles. The minimum Gasteiger partial charge on any atom is -0.230 e. The molecular weight excluding hydrogens is 244 g/mol. The summed E-state index contributed by atoms with van der Waals surface area (Å²) in [5.41, 5.74) is 3.47. The van der Waals surface area contributed by atoms with Crippen LogP contribution in [0.4, 0.5) is 0 Å². The maximum absolute atomic E-state index is 4.93. The quantitative estimate of drug-likeness (QED) is 0.642. The van der Waals surface area contributed by atoms with E-state index in [2.05, 4.69) is 74.0 Å². The lowest BCUT2D eigenvalue weighted by atomic mass is 10.0. The second kappa shape index (κ2) is 5.04. The average molecular weight is 263 g/mol. The Labute approximate surface area is 119 Å². The summed E-state index contributed by atoms with van der Waals surface area (Å²) in [6.45, 7) is 4.37. The summed E-state index contributed by atoms with van der Waals surface area (Å²) in [6, 6.07) is 18.9. The number of para-hydroxylation sites is 1. The fourth-order valence-corrected chi connectivity index (χ4v) is 2.67. The minimum absolute atomic E-state index is 0.395. The van der Waals surface area contributed by atoms with Crippen LogP contribution in [-0.2, 0) is 7.05 Å². The van der Waals surface area contributed by atoms with Crippen molar-refractivity contribution in [2.75, 3.05) is 0 Å². The SMILES string of the molecule is CC(C)c1nc(-c2ccccc2)c2ccccc2[n+]1C. The molecular formula is C18H19N2+. The first kappa shape index (κ1) is 12.8. The van der Waals surface area contributed by atoms with Gasteiger partial charge in [-0.1, -0.05) is 56.3 Å². The van der Waals surface area contributed by atoms with E-state index in [4.69, 9.17) is 4.98 Å². The Morgan fingerprint density at radius 1 is 0.900 bits per heavy atom. The Kier molecular flexibility index (Phi) is 3.23. The molecule has 2 nitrogen and oxygen atoms in total. The van der Waals surface area contributed by atoms with Crippen LogP contribution in [0.5, 0.6) is 0 Å². The smallest absolute Gasteiger partial charge is 0.230 e. The highest BCUT2D eigenvalue weighted by Gasteiger charge is 2.22. The third-order valence-electron chi connectivity index (χ3n) is 3.65. The molecule has 0 aliphatic rings. The molecule has 2 heteroatoms. The lowest BCUT2D eigenvalue weighted by molar-refractivity contribution is -0.657. The number of benzene rings is 2. The van der Waals surface area contributed by atoms with Crippen molar-refractivity contribution < 1.29 is 4.57 Å². The molecule has 0 N–H and O–H groups in total. The van der Waals surface area contributed by atoms with Gasteiger partial charge >= 0.3 is 5.82 Å². The van der Waals surface area contributed by atoms with Crippen molar-refractivity contribution in [3.05, 3.63) is 60.4 Å². The van der Waals surface area contributed by atoms with E-state index in [9.17, 15) is 0 Å². The topological polar surface area (TPSA) is 16.8 Å². The molecule has 100 valence electrons. The van der Waals surface area contributed by atoms with Crippen LogP contribution in [0, 0.1) is 0 Å². The van der Waals surface area contributed by atoms with Crippen molar-refractivity contribution in [1.82, 2.24) is 4.98 Å². The molecule has 0 spiro atoms. The van der Waals surface area contributed by atoms with Crippen LogP contribution >= 0.6 is 0 Å². The Morgan fingerprint density at radius 3 is 2.25 bits per heavy atom. The molecule has 2 aromatic carbocycles. The minimum atomic E-state index is 0.395. The number of hydrogen-bond acceptors (Lipinski definition) is 1. The summed E-state index contributed by atoms with van der Waals surface area (Å²) in [5, 5.41) is 1.20. The van der Waals surface area contributed by atoms with Crippen LogP contribution in [-0.4, -0.2) is 4.98 Å². The van der Waals surface area contributed by atoms with Gasteiger partial charge in [-0.15, -0.1) is 0 Å². The monoisotopic (exact) mass is 263 g/mol. The normalized spacial score (nSPS) is 11.2. The predicted octanol–water partition coefficient (Wildman–Crippen LogP) is 3.85. The number of hydrogen-bond donors (Lipinski definition) is 0. The van der Waals surface area contributed by atoms with Gasteiger partial charge in [0.1, 0.15) is 5.52 Å². The second-order valence-electron chi connectivity index (χ2n) is 5.42. The van der Waals surface area contributed by atoms with Gasteiger partial charge in [0, 0.05) is 5.56 Å². The predicted molar refractivity (Wildman–Crippen MR) is 82.4 cm³/mol. The molecule has 0 fully saturated rings. The molecule has 1 heterocycles. The lowest BCUT2D eigenvalue weighted by Gasteiger charge is -2.08. The van der Waals surface area contributed by atoms with Crippen LogP contribution in [0.1, 0.15) is 25.6 Å². The molecule has 3 rings (SSSR count). The Balaban J connectivity index is 2.39. The van der Waals surface area contributed by atoms with Gasteiger partial charge in [0.2, 0.25) is 0 Å². The Hall–Kier alpha value is -2.22. The van der Waals surface area contributed by atoms with Gasteiger partial charge in [-0.2, -0.15) is 0 Å². The number of fused-ring (bicyclic) bond motifs is 1.